The molecular formula is C21H33BrN4O5. The van der Waals surface area contributed by atoms with Crippen LogP contribution in [0, 0.1) is 0 Å². The third-order valence-corrected chi connectivity index (χ3v) is 4.15. The molecule has 0 aromatic carbocycles. The summed E-state index contributed by atoms with van der Waals surface area (Å²) in [6, 6.07) is 3.43. The van der Waals surface area contributed by atoms with Crippen LogP contribution in [0.1, 0.15) is 48.0 Å². The molecule has 10 heteroatoms. The van der Waals surface area contributed by atoms with Gasteiger partial charge in [-0.1, -0.05) is 15.9 Å². The lowest BCUT2D eigenvalue weighted by Crippen LogP contribution is -2.44. The minimum absolute atomic E-state index is 0.0452. The number of hydrogen-bond donors (Lipinski definition) is 1. The van der Waals surface area contributed by atoms with Crippen LogP contribution < -0.4 is 5.32 Å². The first-order valence-electron chi connectivity index (χ1n) is 10.00. The zero-order valence-corrected chi connectivity index (χ0v) is 20.9. The Morgan fingerprint density at radius 3 is 2.13 bits per heavy atom. The van der Waals surface area contributed by atoms with E-state index in [1.54, 1.807) is 66.9 Å². The van der Waals surface area contributed by atoms with Gasteiger partial charge in [-0.15, -0.1) is 0 Å². The van der Waals surface area contributed by atoms with Crippen LogP contribution in [0.2, 0.25) is 0 Å². The van der Waals surface area contributed by atoms with Gasteiger partial charge in [0.1, 0.15) is 17.0 Å². The van der Waals surface area contributed by atoms with Crippen LogP contribution in [0.5, 0.6) is 0 Å². The predicted molar refractivity (Wildman–Crippen MR) is 122 cm³/mol. The van der Waals surface area contributed by atoms with Crippen molar-refractivity contribution in [3.8, 4) is 0 Å². The molecule has 1 N–H and O–H groups in total. The van der Waals surface area contributed by atoms with Crippen molar-refractivity contribution in [1.29, 1.82) is 0 Å². The molecule has 0 aliphatic carbocycles. The maximum Gasteiger partial charge on any atom is 0.410 e. The van der Waals surface area contributed by atoms with Crippen molar-refractivity contribution in [2.75, 3.05) is 32.0 Å². The number of halogens is 1. The molecule has 0 fully saturated rings. The summed E-state index contributed by atoms with van der Waals surface area (Å²) in [6.45, 7) is 11.2. The van der Waals surface area contributed by atoms with E-state index in [4.69, 9.17) is 9.47 Å². The van der Waals surface area contributed by atoms with Gasteiger partial charge in [-0.25, -0.2) is 14.6 Å². The fourth-order valence-corrected chi connectivity index (χ4v) is 2.57. The highest BCUT2D eigenvalue weighted by atomic mass is 79.9. The molecule has 0 spiro atoms. The van der Waals surface area contributed by atoms with Gasteiger partial charge in [0.25, 0.3) is 0 Å². The number of nitrogens with zero attached hydrogens (tertiary/aromatic N) is 3. The summed E-state index contributed by atoms with van der Waals surface area (Å²) in [5.74, 6) is 0.118. The fourth-order valence-electron chi connectivity index (χ4n) is 2.24. The van der Waals surface area contributed by atoms with Crippen LogP contribution >= 0.6 is 15.9 Å². The van der Waals surface area contributed by atoms with Gasteiger partial charge in [-0.3, -0.25) is 4.79 Å². The molecule has 3 amide bonds. The molecule has 1 aromatic rings. The first-order valence-corrected chi connectivity index (χ1v) is 10.8. The van der Waals surface area contributed by atoms with E-state index in [-0.39, 0.29) is 32.0 Å². The minimum Gasteiger partial charge on any atom is -0.444 e. The zero-order chi connectivity index (χ0) is 23.8. The minimum atomic E-state index is -0.686. The summed E-state index contributed by atoms with van der Waals surface area (Å²) in [5.41, 5.74) is -1.30. The summed E-state index contributed by atoms with van der Waals surface area (Å²) >= 11 is 3.32. The molecule has 31 heavy (non-hydrogen) atoms. The summed E-state index contributed by atoms with van der Waals surface area (Å²) in [5, 5.41) is 2.69. The number of ether oxygens (including phenoxy) is 2. The number of hydrogen-bond acceptors (Lipinski definition) is 6. The van der Waals surface area contributed by atoms with Crippen LogP contribution in [0.4, 0.5) is 15.4 Å². The average molecular weight is 501 g/mol. The number of anilines is 1. The lowest BCUT2D eigenvalue weighted by atomic mass is 10.2. The molecule has 0 radical (unpaired) electrons. The van der Waals surface area contributed by atoms with E-state index in [1.165, 1.54) is 9.80 Å². The number of pyridine rings is 1. The van der Waals surface area contributed by atoms with E-state index in [2.05, 4.69) is 26.2 Å². The van der Waals surface area contributed by atoms with Gasteiger partial charge in [0.05, 0.1) is 0 Å². The van der Waals surface area contributed by atoms with E-state index in [0.717, 1.165) is 4.47 Å². The highest BCUT2D eigenvalue weighted by Gasteiger charge is 2.25. The van der Waals surface area contributed by atoms with Gasteiger partial charge in [-0.05, 0) is 53.7 Å². The van der Waals surface area contributed by atoms with E-state index >= 15 is 0 Å². The van der Waals surface area contributed by atoms with Crippen molar-refractivity contribution in [1.82, 2.24) is 14.8 Å². The molecule has 0 bridgehead atoms. The van der Waals surface area contributed by atoms with Crippen molar-refractivity contribution in [2.24, 2.45) is 0 Å². The van der Waals surface area contributed by atoms with Gasteiger partial charge in [0.15, 0.2) is 0 Å². The van der Waals surface area contributed by atoms with E-state index in [9.17, 15) is 14.4 Å². The molecule has 0 unspecified atom stereocenters. The Morgan fingerprint density at radius 2 is 1.58 bits per heavy atom. The maximum atomic E-state index is 12.6. The van der Waals surface area contributed by atoms with E-state index in [1.807, 2.05) is 0 Å². The van der Waals surface area contributed by atoms with Crippen LogP contribution in [-0.2, 0) is 14.3 Å². The van der Waals surface area contributed by atoms with Gasteiger partial charge in [-0.2, -0.15) is 0 Å². The Labute approximate surface area is 192 Å². The molecule has 0 aliphatic rings. The van der Waals surface area contributed by atoms with Gasteiger partial charge in [0, 0.05) is 43.8 Å². The molecule has 0 saturated heterocycles. The first-order chi connectivity index (χ1) is 14.2. The molecule has 0 atom stereocenters. The van der Waals surface area contributed by atoms with Crippen molar-refractivity contribution in [2.45, 2.75) is 59.2 Å². The first kappa shape index (κ1) is 26.7. The standard InChI is InChI=1S/C21H33BrN4O5/c1-20(2,3)30-18(28)25(7)12-13-26(19(29)31-21(4,5)6)11-9-17(27)24-16-14-15(22)8-10-23-16/h8,10,14H,9,11-13H2,1-7H3,(H,23,24,27). The number of carbonyl (C=O) groups excluding carboxylic acids is 3. The SMILES string of the molecule is CN(CCN(CCC(=O)Nc1cc(Br)ccn1)C(=O)OC(C)(C)C)C(=O)OC(C)(C)C. The third-order valence-electron chi connectivity index (χ3n) is 3.66. The summed E-state index contributed by atoms with van der Waals surface area (Å²) in [6.07, 6.45) is 0.566. The number of aromatic nitrogens is 1. The molecule has 1 aromatic heterocycles. The molecular weight excluding hydrogens is 468 g/mol. The van der Waals surface area contributed by atoms with Crippen molar-refractivity contribution in [3.05, 3.63) is 22.8 Å². The highest BCUT2D eigenvalue weighted by Crippen LogP contribution is 2.14. The van der Waals surface area contributed by atoms with Crippen LogP contribution in [0.25, 0.3) is 0 Å². The monoisotopic (exact) mass is 500 g/mol. The second-order valence-electron chi connectivity index (χ2n) is 9.03. The molecule has 0 aliphatic heterocycles. The Hall–Kier alpha value is -2.36. The number of nitrogens with one attached hydrogen (secondary N) is 1. The van der Waals surface area contributed by atoms with Gasteiger partial charge < -0.3 is 24.6 Å². The number of rotatable bonds is 7. The number of amides is 3. The summed E-state index contributed by atoms with van der Waals surface area (Å²) < 4.78 is 11.6. The second kappa shape index (κ2) is 11.3. The van der Waals surface area contributed by atoms with Gasteiger partial charge >= 0.3 is 12.2 Å². The maximum absolute atomic E-state index is 12.6. The van der Waals surface area contributed by atoms with E-state index < -0.39 is 23.4 Å². The number of carbonyl (C=O) groups is 3. The van der Waals surface area contributed by atoms with Gasteiger partial charge in [0.2, 0.25) is 5.91 Å². The van der Waals surface area contributed by atoms with Crippen LogP contribution in [0.15, 0.2) is 22.8 Å². The average Bonchev–Trinajstić information content (AvgIpc) is 2.58. The lowest BCUT2D eigenvalue weighted by Gasteiger charge is -2.29. The normalized spacial score (nSPS) is 11.5. The largest absolute Gasteiger partial charge is 0.444 e. The topological polar surface area (TPSA) is 101 Å². The summed E-state index contributed by atoms with van der Waals surface area (Å²) in [7, 11) is 1.59. The number of likely N-dealkylation sites (N-methyl/N-ethyl adjacent to an activating group) is 1. The molecule has 9 nitrogen and oxygen atoms in total. The smallest absolute Gasteiger partial charge is 0.410 e. The Morgan fingerprint density at radius 1 is 1.00 bits per heavy atom. The summed E-state index contributed by atoms with van der Waals surface area (Å²) in [4.78, 5) is 43.9. The Bertz CT molecular complexity index is 774. The lowest BCUT2D eigenvalue weighted by molar-refractivity contribution is -0.116. The molecule has 0 saturated carbocycles. The Kier molecular flexibility index (Phi) is 9.73. The molecule has 1 rings (SSSR count). The van der Waals surface area contributed by atoms with Crippen LogP contribution in [0.3, 0.4) is 0 Å². The quantitative estimate of drug-likeness (QED) is 0.599. The van der Waals surface area contributed by atoms with Crippen molar-refractivity contribution in [3.63, 3.8) is 0 Å². The van der Waals surface area contributed by atoms with Crippen molar-refractivity contribution < 1.29 is 23.9 Å². The Balaban J connectivity index is 2.72. The highest BCUT2D eigenvalue weighted by molar-refractivity contribution is 9.10. The van der Waals surface area contributed by atoms with Crippen molar-refractivity contribution >= 4 is 39.8 Å². The predicted octanol–water partition coefficient (Wildman–Crippen LogP) is 4.28. The molecule has 1 heterocycles. The van der Waals surface area contributed by atoms with Crippen LogP contribution in [-0.4, -0.2) is 70.8 Å². The third kappa shape index (κ3) is 11.6. The second-order valence-corrected chi connectivity index (χ2v) is 9.94. The fraction of sp³-hybridized carbons (Fsp3) is 0.619. The zero-order valence-electron chi connectivity index (χ0n) is 19.3. The van der Waals surface area contributed by atoms with E-state index in [0.29, 0.717) is 5.82 Å². The molecule has 174 valence electrons.